The molecule has 5 heteroatoms. The molecule has 2 aromatic rings. The molecule has 0 nitrogen and oxygen atoms in total. The quantitative estimate of drug-likeness (QED) is 0.637. The Morgan fingerprint density at radius 3 is 2.35 bits per heavy atom. The fourth-order valence-corrected chi connectivity index (χ4v) is 3.56. The highest BCUT2D eigenvalue weighted by Gasteiger charge is 2.21. The summed E-state index contributed by atoms with van der Waals surface area (Å²) in [6.07, 6.45) is 0. The van der Waals surface area contributed by atoms with E-state index in [0.717, 1.165) is 10.4 Å². The third kappa shape index (κ3) is 2.54. The molecule has 90 valence electrons. The van der Waals surface area contributed by atoms with Gasteiger partial charge in [0.2, 0.25) is 0 Å². The largest absolute Gasteiger partial charge is 0.207 e. The van der Waals surface area contributed by atoms with E-state index < -0.39 is 16.5 Å². The van der Waals surface area contributed by atoms with Gasteiger partial charge in [0.25, 0.3) is 0 Å². The Hall–Kier alpha value is -0.450. The monoisotopic (exact) mass is 336 g/mol. The van der Waals surface area contributed by atoms with Crippen molar-refractivity contribution in [1.29, 1.82) is 0 Å². The third-order valence-corrected chi connectivity index (χ3v) is 5.25. The molecule has 1 aromatic carbocycles. The van der Waals surface area contributed by atoms with Crippen LogP contribution in [0.15, 0.2) is 24.3 Å². The van der Waals surface area contributed by atoms with Crippen LogP contribution in [0, 0.1) is 18.6 Å². The summed E-state index contributed by atoms with van der Waals surface area (Å²) in [5.41, 5.74) is 0.929. The summed E-state index contributed by atoms with van der Waals surface area (Å²) in [5.74, 6) is -1.12. The number of thiophene rings is 1. The number of hydrogen-bond acceptors (Lipinski definition) is 1. The van der Waals surface area contributed by atoms with E-state index in [4.69, 9.17) is 11.6 Å². The van der Waals surface area contributed by atoms with Gasteiger partial charge in [0.1, 0.15) is 11.6 Å². The van der Waals surface area contributed by atoms with E-state index in [-0.39, 0.29) is 5.56 Å². The molecule has 0 fully saturated rings. The fourth-order valence-electron chi connectivity index (χ4n) is 1.50. The second-order valence-corrected chi connectivity index (χ2v) is 6.20. The molecule has 0 aliphatic heterocycles. The van der Waals surface area contributed by atoms with Crippen LogP contribution in [-0.4, -0.2) is 0 Å². The predicted molar refractivity (Wildman–Crippen MR) is 71.2 cm³/mol. The number of alkyl halides is 1. The minimum atomic E-state index is -0.561. The van der Waals surface area contributed by atoms with Crippen molar-refractivity contribution in [3.63, 3.8) is 0 Å². The van der Waals surface area contributed by atoms with E-state index in [1.54, 1.807) is 0 Å². The van der Waals surface area contributed by atoms with Crippen LogP contribution in [0.4, 0.5) is 8.78 Å². The van der Waals surface area contributed by atoms with Gasteiger partial charge in [-0.15, -0.1) is 11.3 Å². The summed E-state index contributed by atoms with van der Waals surface area (Å²) in [7, 11) is 0. The van der Waals surface area contributed by atoms with Crippen LogP contribution in [0.3, 0.4) is 0 Å². The molecule has 0 spiro atoms. The van der Waals surface area contributed by atoms with Crippen LogP contribution >= 0.6 is 38.9 Å². The van der Waals surface area contributed by atoms with E-state index in [0.29, 0.717) is 4.34 Å². The molecule has 0 aliphatic rings. The van der Waals surface area contributed by atoms with Gasteiger partial charge in [-0.2, -0.15) is 0 Å². The van der Waals surface area contributed by atoms with Gasteiger partial charge >= 0.3 is 0 Å². The maximum absolute atomic E-state index is 13.6. The lowest BCUT2D eigenvalue weighted by Gasteiger charge is -2.10. The Balaban J connectivity index is 2.47. The lowest BCUT2D eigenvalue weighted by atomic mass is 10.1. The Morgan fingerprint density at radius 2 is 1.88 bits per heavy atom. The van der Waals surface area contributed by atoms with Crippen LogP contribution in [0.2, 0.25) is 4.34 Å². The molecule has 2 rings (SSSR count). The maximum Gasteiger partial charge on any atom is 0.130 e. The molecule has 0 saturated carbocycles. The first-order valence-electron chi connectivity index (χ1n) is 4.84. The van der Waals surface area contributed by atoms with E-state index in [9.17, 15) is 8.78 Å². The van der Waals surface area contributed by atoms with Gasteiger partial charge in [-0.25, -0.2) is 8.78 Å². The van der Waals surface area contributed by atoms with E-state index >= 15 is 0 Å². The van der Waals surface area contributed by atoms with Crippen molar-refractivity contribution < 1.29 is 8.78 Å². The fraction of sp³-hybridized carbons (Fsp3) is 0.167. The highest BCUT2D eigenvalue weighted by atomic mass is 79.9. The van der Waals surface area contributed by atoms with Crippen molar-refractivity contribution in [2.75, 3.05) is 0 Å². The Kier molecular flexibility index (Phi) is 3.85. The van der Waals surface area contributed by atoms with Crippen LogP contribution in [0.5, 0.6) is 0 Å². The van der Waals surface area contributed by atoms with Crippen LogP contribution < -0.4 is 0 Å². The van der Waals surface area contributed by atoms with Crippen molar-refractivity contribution in [3.05, 3.63) is 56.2 Å². The van der Waals surface area contributed by atoms with E-state index in [2.05, 4.69) is 15.9 Å². The molecule has 1 atom stereocenters. The first-order chi connectivity index (χ1) is 8.00. The highest BCUT2D eigenvalue weighted by Crippen LogP contribution is 2.40. The van der Waals surface area contributed by atoms with Crippen molar-refractivity contribution in [3.8, 4) is 0 Å². The van der Waals surface area contributed by atoms with Crippen LogP contribution in [-0.2, 0) is 0 Å². The van der Waals surface area contributed by atoms with E-state index in [1.165, 1.54) is 29.5 Å². The van der Waals surface area contributed by atoms with Crippen LogP contribution in [0.25, 0.3) is 0 Å². The Morgan fingerprint density at radius 1 is 1.29 bits per heavy atom. The van der Waals surface area contributed by atoms with Crippen molar-refractivity contribution >= 4 is 38.9 Å². The molecule has 1 aromatic heterocycles. The number of rotatable bonds is 2. The average molecular weight is 338 g/mol. The Labute approximate surface area is 115 Å². The number of hydrogen-bond donors (Lipinski definition) is 0. The standard InChI is InChI=1S/C12H8BrClF2S/c1-6-5-9(17-12(6)14)11(13)10-7(15)3-2-4-8(10)16/h2-5,11H,1H3. The molecule has 0 N–H and O–H groups in total. The zero-order chi connectivity index (χ0) is 12.6. The number of aryl methyl sites for hydroxylation is 1. The predicted octanol–water partition coefficient (Wildman–Crippen LogP) is 5.47. The molecular formula is C12H8BrClF2S. The second-order valence-electron chi connectivity index (χ2n) is 3.60. The zero-order valence-electron chi connectivity index (χ0n) is 8.81. The maximum atomic E-state index is 13.6. The van der Waals surface area contributed by atoms with Gasteiger partial charge in [-0.3, -0.25) is 0 Å². The third-order valence-electron chi connectivity index (χ3n) is 2.38. The average Bonchev–Trinajstić information content (AvgIpc) is 2.59. The molecular weight excluding hydrogens is 330 g/mol. The molecule has 0 bridgehead atoms. The van der Waals surface area contributed by atoms with Gasteiger partial charge in [-0.1, -0.05) is 33.6 Å². The summed E-state index contributed by atoms with van der Waals surface area (Å²) >= 11 is 10.6. The van der Waals surface area contributed by atoms with Crippen molar-refractivity contribution in [1.82, 2.24) is 0 Å². The van der Waals surface area contributed by atoms with Gasteiger partial charge in [0, 0.05) is 10.4 Å². The van der Waals surface area contributed by atoms with Gasteiger partial charge < -0.3 is 0 Å². The van der Waals surface area contributed by atoms with Gasteiger partial charge in [0.05, 0.1) is 9.16 Å². The summed E-state index contributed by atoms with van der Waals surface area (Å²) in [6, 6.07) is 5.67. The lowest BCUT2D eigenvalue weighted by molar-refractivity contribution is 0.561. The molecule has 0 radical (unpaired) electrons. The SMILES string of the molecule is Cc1cc(C(Br)c2c(F)cccc2F)sc1Cl. The lowest BCUT2D eigenvalue weighted by Crippen LogP contribution is -1.98. The summed E-state index contributed by atoms with van der Waals surface area (Å²) in [6.45, 7) is 1.86. The molecule has 0 amide bonds. The summed E-state index contributed by atoms with van der Waals surface area (Å²) in [4.78, 5) is 0.274. The van der Waals surface area contributed by atoms with Gasteiger partial charge in [-0.05, 0) is 30.7 Å². The van der Waals surface area contributed by atoms with Crippen molar-refractivity contribution in [2.45, 2.75) is 11.8 Å². The summed E-state index contributed by atoms with van der Waals surface area (Å²) in [5, 5.41) is 0. The molecule has 1 unspecified atom stereocenters. The normalized spacial score (nSPS) is 12.8. The highest BCUT2D eigenvalue weighted by molar-refractivity contribution is 9.09. The van der Waals surface area contributed by atoms with Crippen LogP contribution in [0.1, 0.15) is 20.8 Å². The molecule has 0 aliphatic carbocycles. The van der Waals surface area contributed by atoms with Gasteiger partial charge in [0.15, 0.2) is 0 Å². The minimum absolute atomic E-state index is 0.0189. The molecule has 17 heavy (non-hydrogen) atoms. The number of halogens is 4. The second kappa shape index (κ2) is 5.04. The smallest absolute Gasteiger partial charge is 0.130 e. The van der Waals surface area contributed by atoms with Crippen molar-refractivity contribution in [2.24, 2.45) is 0 Å². The first kappa shape index (κ1) is 13.0. The first-order valence-corrected chi connectivity index (χ1v) is 6.95. The molecule has 0 saturated heterocycles. The number of benzene rings is 1. The zero-order valence-corrected chi connectivity index (χ0v) is 12.0. The minimum Gasteiger partial charge on any atom is -0.207 e. The molecule has 1 heterocycles. The Bertz CT molecular complexity index is 514. The van der Waals surface area contributed by atoms with E-state index in [1.807, 2.05) is 13.0 Å². The summed E-state index contributed by atoms with van der Waals surface area (Å²) < 4.78 is 27.8. The topological polar surface area (TPSA) is 0 Å².